The van der Waals surface area contributed by atoms with E-state index in [0.29, 0.717) is 6.04 Å². The van der Waals surface area contributed by atoms with Crippen molar-refractivity contribution in [2.75, 3.05) is 13.1 Å². The fourth-order valence-corrected chi connectivity index (χ4v) is 1.93. The van der Waals surface area contributed by atoms with Crippen LogP contribution in [-0.4, -0.2) is 25.2 Å². The van der Waals surface area contributed by atoms with Crippen LogP contribution in [0.15, 0.2) is 0 Å². The predicted octanol–water partition coefficient (Wildman–Crippen LogP) is 1.76. The highest BCUT2D eigenvalue weighted by molar-refractivity contribution is 4.78. The lowest BCUT2D eigenvalue weighted by molar-refractivity contribution is 0.297. The molecule has 2 nitrogen and oxygen atoms in total. The van der Waals surface area contributed by atoms with E-state index in [2.05, 4.69) is 31.4 Å². The van der Waals surface area contributed by atoms with E-state index in [0.717, 1.165) is 18.5 Å². The molecule has 2 heteroatoms. The Hall–Kier alpha value is -0.0800. The van der Waals surface area contributed by atoms with Gasteiger partial charge in [-0.25, -0.2) is 0 Å². The highest BCUT2D eigenvalue weighted by Gasteiger charge is 2.18. The molecular weight excluding hydrogens is 160 g/mol. The van der Waals surface area contributed by atoms with Crippen LogP contribution >= 0.6 is 0 Å². The molecule has 0 spiro atoms. The molecule has 1 heterocycles. The van der Waals surface area contributed by atoms with Gasteiger partial charge in [-0.15, -0.1) is 0 Å². The quantitative estimate of drug-likeness (QED) is 0.696. The van der Waals surface area contributed by atoms with Crippen molar-refractivity contribution in [1.82, 2.24) is 10.6 Å². The molecule has 0 unspecified atom stereocenters. The van der Waals surface area contributed by atoms with Crippen molar-refractivity contribution in [2.24, 2.45) is 5.92 Å². The van der Waals surface area contributed by atoms with E-state index >= 15 is 0 Å². The Morgan fingerprint density at radius 2 is 2.08 bits per heavy atom. The molecule has 0 aromatic rings. The van der Waals surface area contributed by atoms with Crippen molar-refractivity contribution in [1.29, 1.82) is 0 Å². The fraction of sp³-hybridized carbons (Fsp3) is 1.00. The molecule has 0 aromatic heterocycles. The average molecular weight is 184 g/mol. The maximum atomic E-state index is 3.60. The molecule has 0 amide bonds. The summed E-state index contributed by atoms with van der Waals surface area (Å²) in [6.07, 6.45) is 4.13. The van der Waals surface area contributed by atoms with E-state index in [1.54, 1.807) is 0 Å². The first-order valence-corrected chi connectivity index (χ1v) is 5.67. The molecule has 2 N–H and O–H groups in total. The molecule has 0 saturated carbocycles. The third-order valence-electron chi connectivity index (χ3n) is 2.88. The summed E-state index contributed by atoms with van der Waals surface area (Å²) in [5.41, 5.74) is 0. The largest absolute Gasteiger partial charge is 0.314 e. The third-order valence-corrected chi connectivity index (χ3v) is 2.88. The molecule has 1 aliphatic heterocycles. The molecule has 0 aliphatic carbocycles. The Bertz CT molecular complexity index is 128. The SMILES string of the molecule is CC(C)NC[C@@H](C)[C@H]1CCCCN1. The zero-order valence-corrected chi connectivity index (χ0v) is 9.27. The van der Waals surface area contributed by atoms with Crippen molar-refractivity contribution in [3.8, 4) is 0 Å². The molecule has 1 aliphatic rings. The van der Waals surface area contributed by atoms with Crippen LogP contribution in [-0.2, 0) is 0 Å². The molecule has 1 saturated heterocycles. The van der Waals surface area contributed by atoms with Gasteiger partial charge in [-0.1, -0.05) is 27.2 Å². The van der Waals surface area contributed by atoms with E-state index in [4.69, 9.17) is 0 Å². The Morgan fingerprint density at radius 3 is 2.62 bits per heavy atom. The summed E-state index contributed by atoms with van der Waals surface area (Å²) in [6, 6.07) is 1.37. The van der Waals surface area contributed by atoms with Gasteiger partial charge in [-0.2, -0.15) is 0 Å². The van der Waals surface area contributed by atoms with Crippen LogP contribution < -0.4 is 10.6 Å². The van der Waals surface area contributed by atoms with Gasteiger partial charge in [0.25, 0.3) is 0 Å². The highest BCUT2D eigenvalue weighted by Crippen LogP contribution is 2.14. The van der Waals surface area contributed by atoms with E-state index < -0.39 is 0 Å². The minimum absolute atomic E-state index is 0.617. The summed E-state index contributed by atoms with van der Waals surface area (Å²) >= 11 is 0. The van der Waals surface area contributed by atoms with Crippen LogP contribution in [0.2, 0.25) is 0 Å². The zero-order chi connectivity index (χ0) is 9.68. The molecule has 78 valence electrons. The molecule has 13 heavy (non-hydrogen) atoms. The first kappa shape index (κ1) is 11.0. The summed E-state index contributed by atoms with van der Waals surface area (Å²) in [5.74, 6) is 0.766. The van der Waals surface area contributed by atoms with Gasteiger partial charge in [0.2, 0.25) is 0 Å². The van der Waals surface area contributed by atoms with Crippen LogP contribution in [0.3, 0.4) is 0 Å². The first-order valence-electron chi connectivity index (χ1n) is 5.67. The fourth-order valence-electron chi connectivity index (χ4n) is 1.93. The Labute approximate surface area is 82.5 Å². The second kappa shape index (κ2) is 5.61. The Kier molecular flexibility index (Phi) is 4.74. The van der Waals surface area contributed by atoms with Crippen molar-refractivity contribution in [3.63, 3.8) is 0 Å². The Morgan fingerprint density at radius 1 is 1.31 bits per heavy atom. The molecule has 1 rings (SSSR count). The molecule has 1 fully saturated rings. The topological polar surface area (TPSA) is 24.1 Å². The van der Waals surface area contributed by atoms with Gasteiger partial charge in [0.05, 0.1) is 0 Å². The minimum Gasteiger partial charge on any atom is -0.314 e. The lowest BCUT2D eigenvalue weighted by Gasteiger charge is -2.29. The van der Waals surface area contributed by atoms with Crippen LogP contribution in [0.4, 0.5) is 0 Å². The van der Waals surface area contributed by atoms with Crippen LogP contribution in [0.1, 0.15) is 40.0 Å². The monoisotopic (exact) mass is 184 g/mol. The highest BCUT2D eigenvalue weighted by atomic mass is 15.0. The Balaban J connectivity index is 2.17. The lowest BCUT2D eigenvalue weighted by atomic mass is 9.93. The molecule has 0 radical (unpaired) electrons. The predicted molar refractivity (Wildman–Crippen MR) is 57.9 cm³/mol. The van der Waals surface area contributed by atoms with Gasteiger partial charge in [0.1, 0.15) is 0 Å². The summed E-state index contributed by atoms with van der Waals surface area (Å²) in [4.78, 5) is 0. The van der Waals surface area contributed by atoms with Crippen LogP contribution in [0.25, 0.3) is 0 Å². The van der Waals surface area contributed by atoms with E-state index in [1.165, 1.54) is 25.8 Å². The average Bonchev–Trinajstić information content (AvgIpc) is 2.15. The van der Waals surface area contributed by atoms with E-state index in [1.807, 2.05) is 0 Å². The van der Waals surface area contributed by atoms with Crippen molar-refractivity contribution in [2.45, 2.75) is 52.1 Å². The van der Waals surface area contributed by atoms with E-state index in [9.17, 15) is 0 Å². The number of hydrogen-bond acceptors (Lipinski definition) is 2. The maximum absolute atomic E-state index is 3.60. The summed E-state index contributed by atoms with van der Waals surface area (Å²) in [5, 5.41) is 7.11. The van der Waals surface area contributed by atoms with Gasteiger partial charge in [-0.05, 0) is 31.8 Å². The standard InChI is InChI=1S/C11H24N2/c1-9(2)13-8-10(3)11-6-4-5-7-12-11/h9-13H,4-8H2,1-3H3/t10-,11-/m1/s1. The van der Waals surface area contributed by atoms with Crippen molar-refractivity contribution < 1.29 is 0 Å². The molecule has 0 bridgehead atoms. The second-order valence-electron chi connectivity index (χ2n) is 4.60. The molecular formula is C11H24N2. The second-order valence-corrected chi connectivity index (χ2v) is 4.60. The molecule has 0 aromatic carbocycles. The smallest absolute Gasteiger partial charge is 0.0105 e. The molecule has 2 atom stereocenters. The van der Waals surface area contributed by atoms with Gasteiger partial charge in [0, 0.05) is 12.1 Å². The van der Waals surface area contributed by atoms with Gasteiger partial charge in [0.15, 0.2) is 0 Å². The normalized spacial score (nSPS) is 26.3. The number of hydrogen-bond donors (Lipinski definition) is 2. The van der Waals surface area contributed by atoms with Crippen molar-refractivity contribution >= 4 is 0 Å². The third kappa shape index (κ3) is 4.10. The number of nitrogens with one attached hydrogen (secondary N) is 2. The number of rotatable bonds is 4. The van der Waals surface area contributed by atoms with Crippen LogP contribution in [0, 0.1) is 5.92 Å². The summed E-state index contributed by atoms with van der Waals surface area (Å²) < 4.78 is 0. The summed E-state index contributed by atoms with van der Waals surface area (Å²) in [7, 11) is 0. The van der Waals surface area contributed by atoms with Crippen molar-refractivity contribution in [3.05, 3.63) is 0 Å². The minimum atomic E-state index is 0.617. The maximum Gasteiger partial charge on any atom is 0.0105 e. The zero-order valence-electron chi connectivity index (χ0n) is 9.27. The number of piperidine rings is 1. The summed E-state index contributed by atoms with van der Waals surface area (Å²) in [6.45, 7) is 9.13. The first-order chi connectivity index (χ1) is 6.20. The van der Waals surface area contributed by atoms with Crippen LogP contribution in [0.5, 0.6) is 0 Å². The van der Waals surface area contributed by atoms with Gasteiger partial charge in [-0.3, -0.25) is 0 Å². The van der Waals surface area contributed by atoms with Gasteiger partial charge >= 0.3 is 0 Å². The van der Waals surface area contributed by atoms with Gasteiger partial charge < -0.3 is 10.6 Å². The van der Waals surface area contributed by atoms with E-state index in [-0.39, 0.29) is 0 Å². The lowest BCUT2D eigenvalue weighted by Crippen LogP contribution is -2.43.